The number of ether oxygens (including phenoxy) is 3. The number of fused-ring (bicyclic) bond motifs is 1. The van der Waals surface area contributed by atoms with Crippen LogP contribution in [0.4, 0.5) is 0 Å². The fourth-order valence-electron chi connectivity index (χ4n) is 3.30. The topological polar surface area (TPSA) is 75.0 Å². The Labute approximate surface area is 205 Å². The second-order valence-electron chi connectivity index (χ2n) is 7.57. The maximum Gasteiger partial charge on any atom is 0.352 e. The van der Waals surface area contributed by atoms with E-state index in [4.69, 9.17) is 41.8 Å². The van der Waals surface area contributed by atoms with Crippen LogP contribution in [0.15, 0.2) is 69.9 Å². The van der Waals surface area contributed by atoms with Gasteiger partial charge in [-0.25, -0.2) is 4.79 Å². The van der Waals surface area contributed by atoms with Crippen molar-refractivity contribution in [3.05, 3.63) is 86.5 Å². The highest BCUT2D eigenvalue weighted by molar-refractivity contribution is 6.35. The number of methoxy groups -OCH3 is 1. The number of benzene rings is 3. The molecule has 0 radical (unpaired) electrons. The normalized spacial score (nSPS) is 11.8. The van der Waals surface area contributed by atoms with E-state index in [9.17, 15) is 9.59 Å². The average molecular weight is 499 g/mol. The highest BCUT2D eigenvalue weighted by atomic mass is 35.5. The van der Waals surface area contributed by atoms with Gasteiger partial charge in [-0.2, -0.15) is 0 Å². The summed E-state index contributed by atoms with van der Waals surface area (Å²) >= 11 is 12.0. The molecular weight excluding hydrogens is 479 g/mol. The van der Waals surface area contributed by atoms with Gasteiger partial charge in [-0.3, -0.25) is 4.79 Å². The molecule has 0 saturated carbocycles. The molecule has 0 aliphatic rings. The fourth-order valence-corrected chi connectivity index (χ4v) is 3.75. The van der Waals surface area contributed by atoms with Crippen molar-refractivity contribution < 1.29 is 23.4 Å². The van der Waals surface area contributed by atoms with Gasteiger partial charge in [-0.1, -0.05) is 29.3 Å². The summed E-state index contributed by atoms with van der Waals surface area (Å²) in [6, 6.07) is 16.7. The van der Waals surface area contributed by atoms with Crippen molar-refractivity contribution in [2.24, 2.45) is 0 Å². The number of halogens is 2. The first-order chi connectivity index (χ1) is 16.3. The summed E-state index contributed by atoms with van der Waals surface area (Å²) in [6.45, 7) is 3.38. The number of hydrogen-bond donors (Lipinski definition) is 0. The van der Waals surface area contributed by atoms with Crippen LogP contribution in [0.2, 0.25) is 10.0 Å². The predicted molar refractivity (Wildman–Crippen MR) is 131 cm³/mol. The van der Waals surface area contributed by atoms with Crippen LogP contribution in [0.1, 0.15) is 12.5 Å². The minimum absolute atomic E-state index is 0.121. The summed E-state index contributed by atoms with van der Waals surface area (Å²) in [4.78, 5) is 26.2. The van der Waals surface area contributed by atoms with E-state index in [2.05, 4.69) is 0 Å². The zero-order chi connectivity index (χ0) is 24.4. The molecule has 0 unspecified atom stereocenters. The van der Waals surface area contributed by atoms with Gasteiger partial charge in [0.15, 0.2) is 11.9 Å². The highest BCUT2D eigenvalue weighted by Gasteiger charge is 2.25. The van der Waals surface area contributed by atoms with Crippen molar-refractivity contribution in [1.82, 2.24) is 0 Å². The Balaban J connectivity index is 1.73. The van der Waals surface area contributed by atoms with Gasteiger partial charge in [0.05, 0.1) is 17.5 Å². The first-order valence-electron chi connectivity index (χ1n) is 10.3. The van der Waals surface area contributed by atoms with E-state index in [1.165, 1.54) is 13.0 Å². The Morgan fingerprint density at radius 2 is 1.74 bits per heavy atom. The highest BCUT2D eigenvalue weighted by Crippen LogP contribution is 2.33. The van der Waals surface area contributed by atoms with Crippen molar-refractivity contribution in [2.75, 3.05) is 7.11 Å². The van der Waals surface area contributed by atoms with Crippen LogP contribution >= 0.6 is 23.2 Å². The van der Waals surface area contributed by atoms with E-state index >= 15 is 0 Å². The van der Waals surface area contributed by atoms with E-state index in [0.29, 0.717) is 27.3 Å². The molecule has 4 rings (SSSR count). The summed E-state index contributed by atoms with van der Waals surface area (Å²) in [5.41, 5.74) is 1.37. The first-order valence-corrected chi connectivity index (χ1v) is 11.1. The third kappa shape index (κ3) is 4.88. The lowest BCUT2D eigenvalue weighted by Gasteiger charge is -2.16. The molecule has 0 amide bonds. The van der Waals surface area contributed by atoms with E-state index in [0.717, 1.165) is 5.56 Å². The van der Waals surface area contributed by atoms with Gasteiger partial charge in [0.25, 0.3) is 0 Å². The van der Waals surface area contributed by atoms with Gasteiger partial charge < -0.3 is 18.6 Å². The number of rotatable bonds is 6. The van der Waals surface area contributed by atoms with Crippen molar-refractivity contribution in [3.63, 3.8) is 0 Å². The Bertz CT molecular complexity index is 1430. The second kappa shape index (κ2) is 9.79. The lowest BCUT2D eigenvalue weighted by molar-refractivity contribution is -0.141. The molecule has 0 saturated heterocycles. The maximum absolute atomic E-state index is 13.3. The first kappa shape index (κ1) is 23.7. The quantitative estimate of drug-likeness (QED) is 0.284. The molecule has 174 valence electrons. The number of hydrogen-bond acceptors (Lipinski definition) is 6. The van der Waals surface area contributed by atoms with Crippen LogP contribution in [-0.2, 0) is 4.79 Å². The lowest BCUT2D eigenvalue weighted by Crippen LogP contribution is -2.30. The SMILES string of the molecule is COc1ccc(-c2oc3cc(C)ccc3c(=O)c2OC(=O)[C@H](C)Oc2ccc(Cl)cc2Cl)cc1. The van der Waals surface area contributed by atoms with Crippen LogP contribution in [0.5, 0.6) is 17.2 Å². The fraction of sp³-hybridized carbons (Fsp3) is 0.154. The van der Waals surface area contributed by atoms with Gasteiger partial charge in [0.2, 0.25) is 11.2 Å². The summed E-state index contributed by atoms with van der Waals surface area (Å²) < 4.78 is 22.4. The van der Waals surface area contributed by atoms with Gasteiger partial charge in [0.1, 0.15) is 17.1 Å². The van der Waals surface area contributed by atoms with Crippen molar-refractivity contribution >= 4 is 40.1 Å². The second-order valence-corrected chi connectivity index (χ2v) is 8.42. The summed E-state index contributed by atoms with van der Waals surface area (Å²) in [7, 11) is 1.55. The third-order valence-corrected chi connectivity index (χ3v) is 5.62. The molecule has 0 aliphatic heterocycles. The maximum atomic E-state index is 13.3. The smallest absolute Gasteiger partial charge is 0.352 e. The monoisotopic (exact) mass is 498 g/mol. The Hall–Kier alpha value is -3.48. The molecule has 0 fully saturated rings. The number of carbonyl (C=O) groups is 1. The molecule has 6 nitrogen and oxygen atoms in total. The summed E-state index contributed by atoms with van der Waals surface area (Å²) in [6.07, 6.45) is -1.07. The standard InChI is InChI=1S/C26H20Cl2O6/c1-14-4-10-19-22(12-14)33-24(16-5-8-18(31-3)9-6-16)25(23(19)29)34-26(30)15(2)32-21-11-7-17(27)13-20(21)28/h4-13,15H,1-3H3/t15-/m0/s1. The van der Waals surface area contributed by atoms with Gasteiger partial charge in [-0.05, 0) is 74.0 Å². The van der Waals surface area contributed by atoms with Crippen molar-refractivity contribution in [3.8, 4) is 28.6 Å². The molecule has 0 aliphatic carbocycles. The van der Waals surface area contributed by atoms with Crippen LogP contribution in [0.3, 0.4) is 0 Å². The average Bonchev–Trinajstić information content (AvgIpc) is 2.82. The van der Waals surface area contributed by atoms with Crippen molar-refractivity contribution in [2.45, 2.75) is 20.0 Å². The van der Waals surface area contributed by atoms with E-state index in [1.807, 2.05) is 6.92 Å². The molecule has 0 N–H and O–H groups in total. The van der Waals surface area contributed by atoms with Crippen LogP contribution in [-0.4, -0.2) is 19.2 Å². The largest absolute Gasteiger partial charge is 0.497 e. The van der Waals surface area contributed by atoms with E-state index in [-0.39, 0.29) is 22.3 Å². The van der Waals surface area contributed by atoms with E-state index < -0.39 is 17.5 Å². The number of carbonyl (C=O) groups excluding carboxylic acids is 1. The minimum Gasteiger partial charge on any atom is -0.497 e. The number of aryl methyl sites for hydroxylation is 1. The van der Waals surface area contributed by atoms with Crippen LogP contribution < -0.4 is 19.6 Å². The lowest BCUT2D eigenvalue weighted by atomic mass is 10.1. The van der Waals surface area contributed by atoms with Crippen LogP contribution in [0, 0.1) is 6.92 Å². The summed E-state index contributed by atoms with van der Waals surface area (Å²) in [5.74, 6) is -0.0189. The zero-order valence-electron chi connectivity index (χ0n) is 18.6. The molecule has 0 spiro atoms. The Morgan fingerprint density at radius 3 is 2.41 bits per heavy atom. The van der Waals surface area contributed by atoms with Crippen LogP contribution in [0.25, 0.3) is 22.3 Å². The molecule has 1 atom stereocenters. The third-order valence-electron chi connectivity index (χ3n) is 5.09. The Morgan fingerprint density at radius 1 is 1.00 bits per heavy atom. The van der Waals surface area contributed by atoms with Gasteiger partial charge in [0, 0.05) is 10.6 Å². The van der Waals surface area contributed by atoms with Gasteiger partial charge >= 0.3 is 5.97 Å². The molecule has 4 aromatic rings. The molecule has 34 heavy (non-hydrogen) atoms. The zero-order valence-corrected chi connectivity index (χ0v) is 20.1. The molecule has 1 heterocycles. The molecule has 0 bridgehead atoms. The predicted octanol–water partition coefficient (Wildman–Crippen LogP) is 6.46. The Kier molecular flexibility index (Phi) is 6.82. The van der Waals surface area contributed by atoms with Gasteiger partial charge in [-0.15, -0.1) is 0 Å². The summed E-state index contributed by atoms with van der Waals surface area (Å²) in [5, 5.41) is 0.965. The van der Waals surface area contributed by atoms with Crippen molar-refractivity contribution in [1.29, 1.82) is 0 Å². The molecule has 8 heteroatoms. The minimum atomic E-state index is -1.07. The molecular formula is C26H20Cl2O6. The van der Waals surface area contributed by atoms with E-state index in [1.54, 1.807) is 61.7 Å². The number of esters is 1. The molecule has 3 aromatic carbocycles. The molecule has 1 aromatic heterocycles.